The number of pyridine rings is 1. The van der Waals surface area contributed by atoms with Gasteiger partial charge in [0.05, 0.1) is 6.42 Å². The lowest BCUT2D eigenvalue weighted by atomic mass is 10.3. The molecule has 1 heterocycles. The normalized spacial score (nSPS) is 11.0. The van der Waals surface area contributed by atoms with Gasteiger partial charge in [-0.25, -0.2) is 10.4 Å². The van der Waals surface area contributed by atoms with Crippen molar-refractivity contribution in [2.45, 2.75) is 20.3 Å². The number of ether oxygens (including phenoxy) is 1. The summed E-state index contributed by atoms with van der Waals surface area (Å²) in [6.07, 6.45) is 0.0357. The van der Waals surface area contributed by atoms with Crippen molar-refractivity contribution in [3.8, 4) is 5.75 Å². The second-order valence-electron chi connectivity index (χ2n) is 5.51. The standard InChI is InChI=1S/C18H19ClN4O3/c1-12-4-3-5-16(20-12)21-17(24)10-13(2)22-23-18(25)11-26-15-8-6-14(19)7-9-15/h3-9H,10-11H2,1-2H3,(H,23,25)(H,20,21,24). The van der Waals surface area contributed by atoms with Gasteiger partial charge < -0.3 is 10.1 Å². The first-order chi connectivity index (χ1) is 12.4. The summed E-state index contributed by atoms with van der Waals surface area (Å²) in [4.78, 5) is 27.8. The number of amides is 2. The molecule has 2 amide bonds. The average Bonchev–Trinajstić information content (AvgIpc) is 2.59. The van der Waals surface area contributed by atoms with Gasteiger partial charge in [-0.2, -0.15) is 5.10 Å². The second-order valence-corrected chi connectivity index (χ2v) is 5.95. The maximum atomic E-state index is 11.9. The van der Waals surface area contributed by atoms with Gasteiger partial charge in [-0.3, -0.25) is 9.59 Å². The topological polar surface area (TPSA) is 92.7 Å². The summed E-state index contributed by atoms with van der Waals surface area (Å²) >= 11 is 5.77. The van der Waals surface area contributed by atoms with Gasteiger partial charge in [0.25, 0.3) is 5.91 Å². The van der Waals surface area contributed by atoms with Crippen LogP contribution in [0, 0.1) is 6.92 Å². The molecule has 8 heteroatoms. The quantitative estimate of drug-likeness (QED) is 0.575. The number of carbonyl (C=O) groups excluding carboxylic acids is 2. The summed E-state index contributed by atoms with van der Waals surface area (Å²) in [6, 6.07) is 12.0. The number of nitrogens with one attached hydrogen (secondary N) is 2. The number of aryl methyl sites for hydroxylation is 1. The van der Waals surface area contributed by atoms with Gasteiger partial charge in [-0.1, -0.05) is 17.7 Å². The van der Waals surface area contributed by atoms with Crippen LogP contribution >= 0.6 is 11.6 Å². The molecule has 0 atom stereocenters. The summed E-state index contributed by atoms with van der Waals surface area (Å²) in [7, 11) is 0. The van der Waals surface area contributed by atoms with Gasteiger partial charge in [0.15, 0.2) is 6.61 Å². The van der Waals surface area contributed by atoms with Crippen LogP contribution in [0.4, 0.5) is 5.82 Å². The minimum Gasteiger partial charge on any atom is -0.484 e. The van der Waals surface area contributed by atoms with E-state index in [9.17, 15) is 9.59 Å². The zero-order valence-electron chi connectivity index (χ0n) is 14.5. The van der Waals surface area contributed by atoms with E-state index in [0.717, 1.165) is 5.69 Å². The largest absolute Gasteiger partial charge is 0.484 e. The third-order valence-corrected chi connectivity index (χ3v) is 3.38. The van der Waals surface area contributed by atoms with E-state index in [-0.39, 0.29) is 18.9 Å². The first-order valence-corrected chi connectivity index (χ1v) is 8.24. The Kier molecular flexibility index (Phi) is 7.11. The maximum absolute atomic E-state index is 11.9. The number of rotatable bonds is 7. The van der Waals surface area contributed by atoms with Crippen molar-refractivity contribution in [2.75, 3.05) is 11.9 Å². The summed E-state index contributed by atoms with van der Waals surface area (Å²) in [5, 5.41) is 7.14. The van der Waals surface area contributed by atoms with E-state index < -0.39 is 5.91 Å². The number of halogens is 1. The molecule has 0 fully saturated rings. The molecule has 0 spiro atoms. The van der Waals surface area contributed by atoms with Gasteiger partial charge >= 0.3 is 0 Å². The van der Waals surface area contributed by atoms with E-state index in [1.54, 1.807) is 43.3 Å². The van der Waals surface area contributed by atoms with Gasteiger partial charge in [-0.05, 0) is 50.2 Å². The van der Waals surface area contributed by atoms with Gasteiger partial charge in [0.1, 0.15) is 11.6 Å². The summed E-state index contributed by atoms with van der Waals surface area (Å²) < 4.78 is 5.30. The highest BCUT2D eigenvalue weighted by molar-refractivity contribution is 6.30. The Labute approximate surface area is 156 Å². The number of benzene rings is 1. The van der Waals surface area contributed by atoms with Gasteiger partial charge in [-0.15, -0.1) is 0 Å². The van der Waals surface area contributed by atoms with Crippen molar-refractivity contribution >= 4 is 34.9 Å². The van der Waals surface area contributed by atoms with Crippen molar-refractivity contribution in [1.29, 1.82) is 0 Å². The molecule has 0 radical (unpaired) electrons. The molecule has 0 saturated heterocycles. The van der Waals surface area contributed by atoms with Crippen LogP contribution in [0.3, 0.4) is 0 Å². The van der Waals surface area contributed by atoms with E-state index in [1.807, 2.05) is 13.0 Å². The molecule has 26 heavy (non-hydrogen) atoms. The number of hydrazone groups is 1. The maximum Gasteiger partial charge on any atom is 0.277 e. The fourth-order valence-electron chi connectivity index (χ4n) is 1.94. The van der Waals surface area contributed by atoms with Crippen molar-refractivity contribution in [1.82, 2.24) is 10.4 Å². The Balaban J connectivity index is 1.75. The van der Waals surface area contributed by atoms with Crippen LogP contribution in [0.25, 0.3) is 0 Å². The third kappa shape index (κ3) is 6.90. The number of hydrogen-bond acceptors (Lipinski definition) is 5. The van der Waals surface area contributed by atoms with Crippen molar-refractivity contribution in [3.63, 3.8) is 0 Å². The van der Waals surface area contributed by atoms with Crippen molar-refractivity contribution in [3.05, 3.63) is 53.2 Å². The predicted octanol–water partition coefficient (Wildman–Crippen LogP) is 2.94. The Hall–Kier alpha value is -2.93. The summed E-state index contributed by atoms with van der Waals surface area (Å²) in [6.45, 7) is 3.28. The van der Waals surface area contributed by atoms with Crippen LogP contribution < -0.4 is 15.5 Å². The van der Waals surface area contributed by atoms with Crippen LogP contribution in [-0.2, 0) is 9.59 Å². The summed E-state index contributed by atoms with van der Waals surface area (Å²) in [5.74, 6) is 0.301. The molecule has 1 aromatic carbocycles. The second kappa shape index (κ2) is 9.53. The zero-order chi connectivity index (χ0) is 18.9. The lowest BCUT2D eigenvalue weighted by Crippen LogP contribution is -2.26. The molecule has 0 aliphatic heterocycles. The Morgan fingerprint density at radius 3 is 2.58 bits per heavy atom. The van der Waals surface area contributed by atoms with Crippen molar-refractivity contribution in [2.24, 2.45) is 5.10 Å². The third-order valence-electron chi connectivity index (χ3n) is 3.13. The monoisotopic (exact) mass is 374 g/mol. The highest BCUT2D eigenvalue weighted by atomic mass is 35.5. The Morgan fingerprint density at radius 1 is 1.15 bits per heavy atom. The molecule has 2 rings (SSSR count). The van der Waals surface area contributed by atoms with Gasteiger partial charge in [0.2, 0.25) is 5.91 Å². The van der Waals surface area contributed by atoms with E-state index in [0.29, 0.717) is 22.3 Å². The number of carbonyl (C=O) groups is 2. The highest BCUT2D eigenvalue weighted by Gasteiger charge is 2.07. The molecule has 0 aliphatic rings. The van der Waals surface area contributed by atoms with Crippen LogP contribution in [0.1, 0.15) is 19.0 Å². The lowest BCUT2D eigenvalue weighted by molar-refractivity contribution is -0.123. The van der Waals surface area contributed by atoms with E-state index in [1.165, 1.54) is 0 Å². The highest BCUT2D eigenvalue weighted by Crippen LogP contribution is 2.15. The first kappa shape index (κ1) is 19.4. The molecule has 0 saturated carbocycles. The van der Waals surface area contributed by atoms with Crippen LogP contribution in [0.5, 0.6) is 5.75 Å². The molecule has 0 unspecified atom stereocenters. The van der Waals surface area contributed by atoms with Crippen LogP contribution in [0.2, 0.25) is 5.02 Å². The number of aromatic nitrogens is 1. The lowest BCUT2D eigenvalue weighted by Gasteiger charge is -2.06. The number of nitrogens with zero attached hydrogens (tertiary/aromatic N) is 2. The molecule has 0 aliphatic carbocycles. The SMILES string of the molecule is CC(CC(=O)Nc1cccc(C)n1)=NNC(=O)COc1ccc(Cl)cc1. The zero-order valence-corrected chi connectivity index (χ0v) is 15.2. The molecule has 0 bridgehead atoms. The Bertz CT molecular complexity index is 806. The number of anilines is 1. The molecule has 2 N–H and O–H groups in total. The Morgan fingerprint density at radius 2 is 1.88 bits per heavy atom. The fourth-order valence-corrected chi connectivity index (χ4v) is 2.07. The first-order valence-electron chi connectivity index (χ1n) is 7.86. The van der Waals surface area contributed by atoms with Crippen LogP contribution in [0.15, 0.2) is 47.6 Å². The predicted molar refractivity (Wildman–Crippen MR) is 100 cm³/mol. The molecular weight excluding hydrogens is 356 g/mol. The van der Waals surface area contributed by atoms with E-state index in [4.69, 9.17) is 16.3 Å². The van der Waals surface area contributed by atoms with E-state index in [2.05, 4.69) is 20.8 Å². The molecular formula is C18H19ClN4O3. The smallest absolute Gasteiger partial charge is 0.277 e. The number of hydrogen-bond donors (Lipinski definition) is 2. The van der Waals surface area contributed by atoms with E-state index >= 15 is 0 Å². The molecule has 1 aromatic heterocycles. The fraction of sp³-hybridized carbons (Fsp3) is 0.222. The minimum absolute atomic E-state index is 0.0357. The summed E-state index contributed by atoms with van der Waals surface area (Å²) in [5.41, 5.74) is 3.61. The molecule has 2 aromatic rings. The minimum atomic E-state index is -0.431. The average molecular weight is 375 g/mol. The van der Waals surface area contributed by atoms with Crippen LogP contribution in [-0.4, -0.2) is 29.1 Å². The van der Waals surface area contributed by atoms with Gasteiger partial charge in [0, 0.05) is 16.4 Å². The molecule has 136 valence electrons. The van der Waals surface area contributed by atoms with Crippen molar-refractivity contribution < 1.29 is 14.3 Å². The molecule has 7 nitrogen and oxygen atoms in total.